The second-order valence-electron chi connectivity index (χ2n) is 4.83. The number of halogens is 1. The third-order valence-corrected chi connectivity index (χ3v) is 3.63. The minimum absolute atomic E-state index is 0.439. The fourth-order valence-electron chi connectivity index (χ4n) is 2.00. The van der Waals surface area contributed by atoms with Crippen molar-refractivity contribution in [2.24, 2.45) is 5.10 Å². The molecule has 0 amide bonds. The van der Waals surface area contributed by atoms with E-state index in [2.05, 4.69) is 15.3 Å². The molecule has 0 unspecified atom stereocenters. The molecule has 1 heterocycles. The number of hydrogen-bond donors (Lipinski definition) is 1. The van der Waals surface area contributed by atoms with Gasteiger partial charge in [-0.2, -0.15) is 14.9 Å². The second kappa shape index (κ2) is 6.25. The number of benzene rings is 2. The molecule has 1 N–H and O–H groups in total. The van der Waals surface area contributed by atoms with Crippen LogP contribution < -0.4 is 0 Å². The molecule has 3 rings (SSSR count). The van der Waals surface area contributed by atoms with E-state index in [-0.39, 0.29) is 0 Å². The summed E-state index contributed by atoms with van der Waals surface area (Å²) in [6.45, 7) is 2.04. The van der Waals surface area contributed by atoms with E-state index >= 15 is 0 Å². The molecule has 0 saturated carbocycles. The zero-order valence-corrected chi connectivity index (χ0v) is 13.4. The molecular formula is C16H13ClN4S. The molecular weight excluding hydrogens is 316 g/mol. The Bertz CT molecular complexity index is 878. The first-order valence-electron chi connectivity index (χ1n) is 6.68. The van der Waals surface area contributed by atoms with Crippen molar-refractivity contribution < 1.29 is 0 Å². The van der Waals surface area contributed by atoms with Crippen molar-refractivity contribution in [3.63, 3.8) is 0 Å². The maximum Gasteiger partial charge on any atom is 0.216 e. The third kappa shape index (κ3) is 3.16. The molecule has 0 saturated heterocycles. The molecule has 1 aromatic heterocycles. The molecule has 0 fully saturated rings. The van der Waals surface area contributed by atoms with Crippen LogP contribution in [0.1, 0.15) is 11.1 Å². The number of hydrogen-bond acceptors (Lipinski definition) is 3. The minimum atomic E-state index is 0.439. The van der Waals surface area contributed by atoms with Gasteiger partial charge in [0.25, 0.3) is 0 Å². The van der Waals surface area contributed by atoms with Crippen molar-refractivity contribution in [3.8, 4) is 11.4 Å². The highest BCUT2D eigenvalue weighted by atomic mass is 35.5. The van der Waals surface area contributed by atoms with E-state index in [0.717, 1.165) is 11.1 Å². The minimum Gasteiger partial charge on any atom is -0.250 e. The van der Waals surface area contributed by atoms with Crippen molar-refractivity contribution in [1.82, 2.24) is 14.9 Å². The smallest absolute Gasteiger partial charge is 0.216 e. The number of aromatic amines is 1. The molecule has 0 atom stereocenters. The molecule has 0 aliphatic rings. The van der Waals surface area contributed by atoms with Crippen LogP contribution in [0.15, 0.2) is 53.6 Å². The SMILES string of the molecule is Cc1ccc(-c2n[nH]c(=S)n2/N=C\c2cccc(Cl)c2)cc1. The molecule has 0 spiro atoms. The lowest BCUT2D eigenvalue weighted by Gasteiger charge is -2.01. The third-order valence-electron chi connectivity index (χ3n) is 3.13. The average Bonchev–Trinajstić information content (AvgIpc) is 2.87. The van der Waals surface area contributed by atoms with E-state index in [9.17, 15) is 0 Å². The lowest BCUT2D eigenvalue weighted by molar-refractivity contribution is 0.871. The number of aryl methyl sites for hydroxylation is 1. The van der Waals surface area contributed by atoms with Gasteiger partial charge in [-0.15, -0.1) is 0 Å². The van der Waals surface area contributed by atoms with Gasteiger partial charge in [-0.3, -0.25) is 0 Å². The predicted molar refractivity (Wildman–Crippen MR) is 92.0 cm³/mol. The summed E-state index contributed by atoms with van der Waals surface area (Å²) in [6, 6.07) is 15.5. The summed E-state index contributed by atoms with van der Waals surface area (Å²) in [4.78, 5) is 0. The fraction of sp³-hybridized carbons (Fsp3) is 0.0625. The van der Waals surface area contributed by atoms with Crippen LogP contribution in [0.4, 0.5) is 0 Å². The highest BCUT2D eigenvalue weighted by Crippen LogP contribution is 2.18. The highest BCUT2D eigenvalue weighted by molar-refractivity contribution is 7.71. The van der Waals surface area contributed by atoms with Crippen LogP contribution in [0.5, 0.6) is 0 Å². The first-order valence-corrected chi connectivity index (χ1v) is 7.46. The average molecular weight is 329 g/mol. The summed E-state index contributed by atoms with van der Waals surface area (Å²) < 4.78 is 2.04. The predicted octanol–water partition coefficient (Wildman–Crippen LogP) is 4.45. The van der Waals surface area contributed by atoms with Crippen LogP contribution in [0, 0.1) is 11.7 Å². The Balaban J connectivity index is 1.99. The van der Waals surface area contributed by atoms with Gasteiger partial charge in [0.05, 0.1) is 6.21 Å². The van der Waals surface area contributed by atoms with E-state index in [4.69, 9.17) is 23.8 Å². The van der Waals surface area contributed by atoms with E-state index < -0.39 is 0 Å². The normalized spacial score (nSPS) is 11.2. The Morgan fingerprint density at radius 1 is 1.23 bits per heavy atom. The highest BCUT2D eigenvalue weighted by Gasteiger charge is 2.07. The standard InChI is InChI=1S/C16H13ClN4S/c1-11-5-7-13(8-6-11)15-19-20-16(22)21(15)18-10-12-3-2-4-14(17)9-12/h2-10H,1H3,(H,20,22)/b18-10-. The van der Waals surface area contributed by atoms with Crippen LogP contribution in [-0.4, -0.2) is 21.1 Å². The van der Waals surface area contributed by atoms with Crippen LogP contribution in [-0.2, 0) is 0 Å². The molecule has 2 aromatic carbocycles. The number of H-pyrrole nitrogens is 1. The zero-order valence-electron chi connectivity index (χ0n) is 11.8. The largest absolute Gasteiger partial charge is 0.250 e. The topological polar surface area (TPSA) is 46.0 Å². The van der Waals surface area contributed by atoms with Gasteiger partial charge in [0.1, 0.15) is 0 Å². The quantitative estimate of drug-likeness (QED) is 0.570. The summed E-state index contributed by atoms with van der Waals surface area (Å²) in [6.07, 6.45) is 1.70. The summed E-state index contributed by atoms with van der Waals surface area (Å²) >= 11 is 11.2. The van der Waals surface area contributed by atoms with Crippen LogP contribution >= 0.6 is 23.8 Å². The number of rotatable bonds is 3. The summed E-state index contributed by atoms with van der Waals surface area (Å²) in [5.74, 6) is 0.670. The Morgan fingerprint density at radius 2 is 2.00 bits per heavy atom. The Labute approximate surface area is 138 Å². The monoisotopic (exact) mass is 328 g/mol. The van der Waals surface area contributed by atoms with Crippen molar-refractivity contribution >= 4 is 30.0 Å². The summed E-state index contributed by atoms with van der Waals surface area (Å²) in [5.41, 5.74) is 3.03. The van der Waals surface area contributed by atoms with Gasteiger partial charge in [0, 0.05) is 10.6 Å². The van der Waals surface area contributed by atoms with Crippen LogP contribution in [0.25, 0.3) is 11.4 Å². The molecule has 0 bridgehead atoms. The van der Waals surface area contributed by atoms with E-state index in [1.165, 1.54) is 5.56 Å². The first-order chi connectivity index (χ1) is 10.6. The fourth-order valence-corrected chi connectivity index (χ4v) is 2.38. The molecule has 4 nitrogen and oxygen atoms in total. The summed E-state index contributed by atoms with van der Waals surface area (Å²) in [5, 5.41) is 12.1. The molecule has 0 aliphatic heterocycles. The van der Waals surface area contributed by atoms with Gasteiger partial charge in [-0.25, -0.2) is 5.10 Å². The Kier molecular flexibility index (Phi) is 4.18. The zero-order chi connectivity index (χ0) is 15.5. The van der Waals surface area contributed by atoms with E-state index in [1.54, 1.807) is 10.9 Å². The first kappa shape index (κ1) is 14.7. The van der Waals surface area contributed by atoms with Gasteiger partial charge in [-0.1, -0.05) is 53.6 Å². The summed E-state index contributed by atoms with van der Waals surface area (Å²) in [7, 11) is 0. The number of aromatic nitrogens is 3. The van der Waals surface area contributed by atoms with E-state index in [0.29, 0.717) is 15.6 Å². The lowest BCUT2D eigenvalue weighted by Crippen LogP contribution is -1.95. The van der Waals surface area contributed by atoms with Crippen LogP contribution in [0.3, 0.4) is 0 Å². The van der Waals surface area contributed by atoms with Gasteiger partial charge in [-0.05, 0) is 36.8 Å². The maximum atomic E-state index is 5.97. The van der Waals surface area contributed by atoms with Gasteiger partial charge >= 0.3 is 0 Å². The Morgan fingerprint density at radius 3 is 2.73 bits per heavy atom. The number of nitrogens with one attached hydrogen (secondary N) is 1. The maximum absolute atomic E-state index is 5.97. The van der Waals surface area contributed by atoms with Crippen LogP contribution in [0.2, 0.25) is 5.02 Å². The van der Waals surface area contributed by atoms with Crippen molar-refractivity contribution in [2.75, 3.05) is 0 Å². The molecule has 110 valence electrons. The molecule has 3 aromatic rings. The van der Waals surface area contributed by atoms with Gasteiger partial charge in [0.15, 0.2) is 5.82 Å². The van der Waals surface area contributed by atoms with E-state index in [1.807, 2.05) is 55.5 Å². The number of nitrogens with zero attached hydrogens (tertiary/aromatic N) is 3. The molecule has 6 heteroatoms. The Hall–Kier alpha value is -2.24. The van der Waals surface area contributed by atoms with Crippen molar-refractivity contribution in [2.45, 2.75) is 6.92 Å². The van der Waals surface area contributed by atoms with Crippen molar-refractivity contribution in [3.05, 3.63) is 69.5 Å². The lowest BCUT2D eigenvalue weighted by atomic mass is 10.1. The second-order valence-corrected chi connectivity index (χ2v) is 5.65. The van der Waals surface area contributed by atoms with Crippen molar-refractivity contribution in [1.29, 1.82) is 0 Å². The molecule has 0 aliphatic carbocycles. The molecule has 0 radical (unpaired) electrons. The van der Waals surface area contributed by atoms with Gasteiger partial charge in [0.2, 0.25) is 4.77 Å². The van der Waals surface area contributed by atoms with Gasteiger partial charge < -0.3 is 0 Å². The molecule has 22 heavy (non-hydrogen) atoms.